The van der Waals surface area contributed by atoms with Gasteiger partial charge in [-0.2, -0.15) is 5.10 Å². The molecule has 0 aliphatic carbocycles. The van der Waals surface area contributed by atoms with Gasteiger partial charge in [0.2, 0.25) is 0 Å². The zero-order chi connectivity index (χ0) is 16.2. The highest BCUT2D eigenvalue weighted by Gasteiger charge is 2.25. The molecule has 0 fully saturated rings. The number of methoxy groups -OCH3 is 1. The Morgan fingerprint density at radius 2 is 2.00 bits per heavy atom. The first-order valence-electron chi connectivity index (χ1n) is 7.09. The Labute approximate surface area is 125 Å². The third kappa shape index (κ3) is 4.88. The maximum absolute atomic E-state index is 12.2. The quantitative estimate of drug-likeness (QED) is 0.814. The minimum absolute atomic E-state index is 0.120. The Hall–Kier alpha value is -1.85. The molecule has 0 bridgehead atoms. The van der Waals surface area contributed by atoms with Gasteiger partial charge in [0, 0.05) is 11.1 Å². The molecule has 1 heterocycles. The van der Waals surface area contributed by atoms with Crippen LogP contribution in [0.15, 0.2) is 6.07 Å². The number of esters is 1. The molecule has 21 heavy (non-hydrogen) atoms. The molecular weight excluding hydrogens is 270 g/mol. The third-order valence-corrected chi connectivity index (χ3v) is 3.12. The number of ether oxygens (including phenoxy) is 1. The molecular formula is C15H25N3O3. The van der Waals surface area contributed by atoms with E-state index in [0.29, 0.717) is 6.42 Å². The summed E-state index contributed by atoms with van der Waals surface area (Å²) in [6, 6.07) is 1.05. The van der Waals surface area contributed by atoms with Gasteiger partial charge in [0.25, 0.3) is 5.91 Å². The van der Waals surface area contributed by atoms with Crippen LogP contribution in [0.3, 0.4) is 0 Å². The normalized spacial score (nSPS) is 13.1. The van der Waals surface area contributed by atoms with Crippen molar-refractivity contribution in [2.45, 2.75) is 52.5 Å². The maximum Gasteiger partial charge on any atom is 0.328 e. The van der Waals surface area contributed by atoms with E-state index in [1.54, 1.807) is 6.07 Å². The molecule has 1 aromatic rings. The lowest BCUT2D eigenvalue weighted by Crippen LogP contribution is -2.42. The highest BCUT2D eigenvalue weighted by Crippen LogP contribution is 2.20. The summed E-state index contributed by atoms with van der Waals surface area (Å²) in [4.78, 5) is 23.9. The molecule has 2 N–H and O–H groups in total. The fraction of sp³-hybridized carbons (Fsp3) is 0.667. The van der Waals surface area contributed by atoms with Gasteiger partial charge in [-0.15, -0.1) is 0 Å². The van der Waals surface area contributed by atoms with Gasteiger partial charge in [0.1, 0.15) is 11.7 Å². The molecule has 1 rings (SSSR count). The van der Waals surface area contributed by atoms with Crippen molar-refractivity contribution in [3.8, 4) is 0 Å². The first-order valence-corrected chi connectivity index (χ1v) is 7.09. The molecule has 6 nitrogen and oxygen atoms in total. The minimum atomic E-state index is -0.655. The lowest BCUT2D eigenvalue weighted by molar-refractivity contribution is -0.143. The number of amides is 1. The van der Waals surface area contributed by atoms with Crippen molar-refractivity contribution in [3.05, 3.63) is 17.5 Å². The monoisotopic (exact) mass is 295 g/mol. The van der Waals surface area contributed by atoms with Crippen LogP contribution in [0.5, 0.6) is 0 Å². The first-order chi connectivity index (χ1) is 9.65. The van der Waals surface area contributed by atoms with Gasteiger partial charge in [-0.05, 0) is 18.4 Å². The van der Waals surface area contributed by atoms with Crippen molar-refractivity contribution >= 4 is 11.9 Å². The fourth-order valence-electron chi connectivity index (χ4n) is 1.88. The van der Waals surface area contributed by atoms with Gasteiger partial charge in [0.05, 0.1) is 7.11 Å². The summed E-state index contributed by atoms with van der Waals surface area (Å²) in [6.45, 7) is 10.0. The number of aromatic nitrogens is 2. The third-order valence-electron chi connectivity index (χ3n) is 3.12. The minimum Gasteiger partial charge on any atom is -0.467 e. The van der Waals surface area contributed by atoms with Crippen LogP contribution >= 0.6 is 0 Å². The molecule has 0 aliphatic heterocycles. The smallest absolute Gasteiger partial charge is 0.328 e. The average molecular weight is 295 g/mol. The van der Waals surface area contributed by atoms with Crippen LogP contribution in [0.1, 0.15) is 57.2 Å². The van der Waals surface area contributed by atoms with Crippen molar-refractivity contribution < 1.29 is 14.3 Å². The van der Waals surface area contributed by atoms with Gasteiger partial charge >= 0.3 is 5.97 Å². The second kappa shape index (κ2) is 6.74. The predicted octanol–water partition coefficient (Wildman–Crippen LogP) is 2.02. The molecule has 1 atom stereocenters. The van der Waals surface area contributed by atoms with Crippen molar-refractivity contribution in [2.75, 3.05) is 7.11 Å². The standard InChI is InChI=1S/C15H25N3O3/c1-9(2)7-11(14(20)21-6)16-13(19)10-8-12(18-17-10)15(3,4)5/h8-9,11H,7H2,1-6H3,(H,16,19)(H,17,18). The van der Waals surface area contributed by atoms with Crippen molar-refractivity contribution in [1.29, 1.82) is 0 Å². The van der Waals surface area contributed by atoms with Crippen molar-refractivity contribution in [2.24, 2.45) is 5.92 Å². The van der Waals surface area contributed by atoms with E-state index in [9.17, 15) is 9.59 Å². The number of H-pyrrole nitrogens is 1. The SMILES string of the molecule is COC(=O)C(CC(C)C)NC(=O)c1cc(C(C)(C)C)[nH]n1. The second-order valence-electron chi connectivity index (χ2n) is 6.60. The molecule has 118 valence electrons. The van der Waals surface area contributed by atoms with Crippen LogP contribution in [0, 0.1) is 5.92 Å². The van der Waals surface area contributed by atoms with Gasteiger partial charge in [-0.25, -0.2) is 4.79 Å². The largest absolute Gasteiger partial charge is 0.467 e. The van der Waals surface area contributed by atoms with E-state index < -0.39 is 12.0 Å². The molecule has 0 saturated carbocycles. The highest BCUT2D eigenvalue weighted by molar-refractivity contribution is 5.95. The van der Waals surface area contributed by atoms with Crippen molar-refractivity contribution in [3.63, 3.8) is 0 Å². The zero-order valence-electron chi connectivity index (χ0n) is 13.6. The van der Waals surface area contributed by atoms with Gasteiger partial charge < -0.3 is 10.1 Å². The van der Waals surface area contributed by atoms with Crippen LogP contribution in [0.2, 0.25) is 0 Å². The van der Waals surface area contributed by atoms with Crippen LogP contribution in [0.4, 0.5) is 0 Å². The maximum atomic E-state index is 12.2. The number of aromatic amines is 1. The van der Waals surface area contributed by atoms with E-state index in [-0.39, 0.29) is 22.9 Å². The van der Waals surface area contributed by atoms with E-state index in [1.165, 1.54) is 7.11 Å². The topological polar surface area (TPSA) is 84.1 Å². The highest BCUT2D eigenvalue weighted by atomic mass is 16.5. The Bertz CT molecular complexity index is 501. The summed E-state index contributed by atoms with van der Waals surface area (Å²) >= 11 is 0. The summed E-state index contributed by atoms with van der Waals surface area (Å²) in [5.41, 5.74) is 1.02. The number of nitrogens with zero attached hydrogens (tertiary/aromatic N) is 1. The molecule has 0 saturated heterocycles. The molecule has 0 spiro atoms. The Morgan fingerprint density at radius 3 is 2.43 bits per heavy atom. The molecule has 6 heteroatoms. The summed E-state index contributed by atoms with van der Waals surface area (Å²) in [7, 11) is 1.31. The van der Waals surface area contributed by atoms with Crippen LogP contribution in [-0.4, -0.2) is 35.2 Å². The Balaban J connectivity index is 2.82. The lowest BCUT2D eigenvalue weighted by Gasteiger charge is -2.17. The summed E-state index contributed by atoms with van der Waals surface area (Å²) in [5, 5.41) is 9.55. The number of hydrogen-bond donors (Lipinski definition) is 2. The average Bonchev–Trinajstić information content (AvgIpc) is 2.85. The number of rotatable bonds is 5. The van der Waals surface area contributed by atoms with E-state index in [2.05, 4.69) is 15.5 Å². The molecule has 1 unspecified atom stereocenters. The molecule has 0 radical (unpaired) electrons. The fourth-order valence-corrected chi connectivity index (χ4v) is 1.88. The van der Waals surface area contributed by atoms with E-state index in [0.717, 1.165) is 5.69 Å². The van der Waals surface area contributed by atoms with E-state index in [4.69, 9.17) is 4.74 Å². The molecule has 0 aliphatic rings. The summed E-state index contributed by atoms with van der Waals surface area (Å²) < 4.78 is 4.73. The van der Waals surface area contributed by atoms with Crippen LogP contribution in [-0.2, 0) is 14.9 Å². The molecule has 1 aromatic heterocycles. The van der Waals surface area contributed by atoms with Crippen LogP contribution in [0.25, 0.3) is 0 Å². The molecule has 1 amide bonds. The lowest BCUT2D eigenvalue weighted by atomic mass is 9.92. The number of carbonyl (C=O) groups excluding carboxylic acids is 2. The van der Waals surface area contributed by atoms with Crippen molar-refractivity contribution in [1.82, 2.24) is 15.5 Å². The van der Waals surface area contributed by atoms with Gasteiger partial charge in [-0.1, -0.05) is 34.6 Å². The number of nitrogens with one attached hydrogen (secondary N) is 2. The zero-order valence-corrected chi connectivity index (χ0v) is 13.6. The summed E-state index contributed by atoms with van der Waals surface area (Å²) in [6.07, 6.45) is 0.523. The summed E-state index contributed by atoms with van der Waals surface area (Å²) in [5.74, 6) is -0.555. The van der Waals surface area contributed by atoms with E-state index in [1.807, 2.05) is 34.6 Å². The Morgan fingerprint density at radius 1 is 1.38 bits per heavy atom. The first kappa shape index (κ1) is 17.2. The second-order valence-corrected chi connectivity index (χ2v) is 6.60. The predicted molar refractivity (Wildman–Crippen MR) is 80.0 cm³/mol. The van der Waals surface area contributed by atoms with Gasteiger partial charge in [0.15, 0.2) is 0 Å². The Kier molecular flexibility index (Phi) is 5.52. The van der Waals surface area contributed by atoms with E-state index >= 15 is 0 Å². The number of carbonyl (C=O) groups is 2. The van der Waals surface area contributed by atoms with Crippen LogP contribution < -0.4 is 5.32 Å². The molecule has 0 aromatic carbocycles. The number of hydrogen-bond acceptors (Lipinski definition) is 4. The van der Waals surface area contributed by atoms with Gasteiger partial charge in [-0.3, -0.25) is 9.89 Å².